The van der Waals surface area contributed by atoms with Crippen LogP contribution in [0.5, 0.6) is 0 Å². The van der Waals surface area contributed by atoms with Gasteiger partial charge in [0.25, 0.3) is 0 Å². The zero-order chi connectivity index (χ0) is 15.4. The maximum atomic E-state index is 10.9. The molecule has 4 atom stereocenters. The zero-order valence-corrected chi connectivity index (χ0v) is 15.8. The molecule has 0 aromatic carbocycles. The first-order valence-corrected chi connectivity index (χ1v) is 11.6. The SMILES string of the molecule is CCS[C@H]1C[C@@](C)(O)[C@@H](O[Si](CC)(CC)CC)[C@H](C)O1. The van der Waals surface area contributed by atoms with Crippen LogP contribution >= 0.6 is 11.8 Å². The van der Waals surface area contributed by atoms with Crippen molar-refractivity contribution in [1.29, 1.82) is 0 Å². The Morgan fingerprint density at radius 1 is 1.25 bits per heavy atom. The first-order valence-electron chi connectivity index (χ1n) is 8.01. The summed E-state index contributed by atoms with van der Waals surface area (Å²) in [6.45, 7) is 12.7. The minimum atomic E-state index is -1.72. The molecule has 1 aliphatic rings. The molecule has 1 fully saturated rings. The van der Waals surface area contributed by atoms with Crippen LogP contribution in [0.3, 0.4) is 0 Å². The van der Waals surface area contributed by atoms with Gasteiger partial charge in [-0.25, -0.2) is 0 Å². The first-order chi connectivity index (χ1) is 9.34. The monoisotopic (exact) mass is 320 g/mol. The van der Waals surface area contributed by atoms with Crippen molar-refractivity contribution in [2.75, 3.05) is 5.75 Å². The fourth-order valence-electron chi connectivity index (χ4n) is 3.09. The number of ether oxygens (including phenoxy) is 1. The van der Waals surface area contributed by atoms with Crippen LogP contribution in [0.25, 0.3) is 0 Å². The summed E-state index contributed by atoms with van der Waals surface area (Å²) >= 11 is 1.77. The van der Waals surface area contributed by atoms with E-state index in [2.05, 4.69) is 27.7 Å². The van der Waals surface area contributed by atoms with Crippen molar-refractivity contribution >= 4 is 20.1 Å². The number of rotatable bonds is 7. The van der Waals surface area contributed by atoms with Crippen molar-refractivity contribution in [3.8, 4) is 0 Å². The quantitative estimate of drug-likeness (QED) is 0.719. The summed E-state index contributed by atoms with van der Waals surface area (Å²) in [7, 11) is -1.72. The molecule has 0 radical (unpaired) electrons. The molecule has 1 saturated heterocycles. The molecule has 0 saturated carbocycles. The highest BCUT2D eigenvalue weighted by atomic mass is 32.2. The van der Waals surface area contributed by atoms with Gasteiger partial charge in [0.2, 0.25) is 0 Å². The second-order valence-corrected chi connectivity index (χ2v) is 12.2. The standard InChI is InChI=1S/C15H32O3SSi/c1-7-19-13-11-15(6,16)14(12(5)17-13)18-20(8-2,9-3)10-4/h12-14,16H,7-11H2,1-6H3/t12-,13-,14-,15+/m0/s1. The molecule has 1 N–H and O–H groups in total. The van der Waals surface area contributed by atoms with Crippen LogP contribution in [0, 0.1) is 0 Å². The Kier molecular flexibility index (Phi) is 7.06. The van der Waals surface area contributed by atoms with E-state index in [1.165, 1.54) is 0 Å². The van der Waals surface area contributed by atoms with Crippen LogP contribution in [0.1, 0.15) is 48.0 Å². The second kappa shape index (κ2) is 7.63. The van der Waals surface area contributed by atoms with Crippen LogP contribution in [0.4, 0.5) is 0 Å². The summed E-state index contributed by atoms with van der Waals surface area (Å²) in [6.07, 6.45) is 0.421. The first kappa shape index (κ1) is 18.5. The molecule has 0 bridgehead atoms. The predicted molar refractivity (Wildman–Crippen MR) is 89.8 cm³/mol. The van der Waals surface area contributed by atoms with Gasteiger partial charge in [0.15, 0.2) is 8.32 Å². The Morgan fingerprint density at radius 2 is 1.80 bits per heavy atom. The minimum Gasteiger partial charge on any atom is -0.408 e. The van der Waals surface area contributed by atoms with Crippen molar-refractivity contribution in [2.45, 2.75) is 89.3 Å². The fourth-order valence-corrected chi connectivity index (χ4v) is 7.16. The van der Waals surface area contributed by atoms with E-state index in [0.29, 0.717) is 6.42 Å². The molecule has 0 aromatic rings. The van der Waals surface area contributed by atoms with E-state index >= 15 is 0 Å². The van der Waals surface area contributed by atoms with Gasteiger partial charge in [0.1, 0.15) is 5.44 Å². The Labute approximate surface area is 129 Å². The lowest BCUT2D eigenvalue weighted by atomic mass is 9.90. The van der Waals surface area contributed by atoms with Crippen LogP contribution in [-0.2, 0) is 9.16 Å². The lowest BCUT2D eigenvalue weighted by Crippen LogP contribution is -2.59. The number of hydrogen-bond acceptors (Lipinski definition) is 4. The van der Waals surface area contributed by atoms with Gasteiger partial charge in [-0.1, -0.05) is 27.7 Å². The summed E-state index contributed by atoms with van der Waals surface area (Å²) in [5.41, 5.74) is -0.701. The maximum absolute atomic E-state index is 10.9. The fraction of sp³-hybridized carbons (Fsp3) is 1.00. The highest BCUT2D eigenvalue weighted by Crippen LogP contribution is 2.38. The van der Waals surface area contributed by atoms with Gasteiger partial charge in [-0.15, -0.1) is 11.8 Å². The smallest absolute Gasteiger partial charge is 0.192 e. The van der Waals surface area contributed by atoms with Crippen molar-refractivity contribution in [3.63, 3.8) is 0 Å². The molecular formula is C15H32O3SSi. The van der Waals surface area contributed by atoms with Crippen molar-refractivity contribution in [3.05, 3.63) is 0 Å². The van der Waals surface area contributed by atoms with Crippen molar-refractivity contribution < 1.29 is 14.3 Å². The molecule has 0 unspecified atom stereocenters. The van der Waals surface area contributed by atoms with Gasteiger partial charge in [-0.05, 0) is 37.7 Å². The molecule has 0 aromatic heterocycles. The average molecular weight is 321 g/mol. The highest BCUT2D eigenvalue weighted by molar-refractivity contribution is 7.99. The van der Waals surface area contributed by atoms with E-state index in [0.717, 1.165) is 23.9 Å². The lowest BCUT2D eigenvalue weighted by Gasteiger charge is -2.48. The molecule has 3 nitrogen and oxygen atoms in total. The van der Waals surface area contributed by atoms with Crippen LogP contribution in [-0.4, -0.2) is 42.4 Å². The third-order valence-corrected chi connectivity index (χ3v) is 10.3. The van der Waals surface area contributed by atoms with E-state index in [1.807, 2.05) is 13.8 Å². The van der Waals surface area contributed by atoms with E-state index in [-0.39, 0.29) is 17.6 Å². The topological polar surface area (TPSA) is 38.7 Å². The summed E-state index contributed by atoms with van der Waals surface area (Å²) in [5, 5.41) is 10.9. The zero-order valence-electron chi connectivity index (χ0n) is 13.9. The molecule has 1 rings (SSSR count). The minimum absolute atomic E-state index is 0.0423. The third kappa shape index (κ3) is 4.23. The van der Waals surface area contributed by atoms with Gasteiger partial charge in [-0.2, -0.15) is 0 Å². The van der Waals surface area contributed by atoms with Gasteiger partial charge in [0, 0.05) is 6.42 Å². The normalized spacial score (nSPS) is 35.2. The summed E-state index contributed by atoms with van der Waals surface area (Å²) < 4.78 is 12.6. The largest absolute Gasteiger partial charge is 0.408 e. The van der Waals surface area contributed by atoms with Crippen molar-refractivity contribution in [1.82, 2.24) is 0 Å². The third-order valence-electron chi connectivity index (χ3n) is 4.65. The van der Waals surface area contributed by atoms with E-state index in [9.17, 15) is 5.11 Å². The van der Waals surface area contributed by atoms with Gasteiger partial charge in [0.05, 0.1) is 17.8 Å². The van der Waals surface area contributed by atoms with Gasteiger partial charge >= 0.3 is 0 Å². The van der Waals surface area contributed by atoms with Gasteiger partial charge < -0.3 is 14.3 Å². The molecule has 0 amide bonds. The van der Waals surface area contributed by atoms with E-state index in [4.69, 9.17) is 9.16 Å². The molecule has 1 heterocycles. The van der Waals surface area contributed by atoms with Crippen LogP contribution in [0.15, 0.2) is 0 Å². The molecule has 20 heavy (non-hydrogen) atoms. The second-order valence-electron chi connectivity index (χ2n) is 6.07. The maximum Gasteiger partial charge on any atom is 0.192 e. The predicted octanol–water partition coefficient (Wildman–Crippen LogP) is 4.02. The number of aliphatic hydroxyl groups is 1. The van der Waals surface area contributed by atoms with Crippen LogP contribution in [0.2, 0.25) is 18.1 Å². The number of hydrogen-bond donors (Lipinski definition) is 1. The van der Waals surface area contributed by atoms with Crippen LogP contribution < -0.4 is 0 Å². The summed E-state index contributed by atoms with van der Waals surface area (Å²) in [5.74, 6) is 1.01. The molecular weight excluding hydrogens is 288 g/mol. The van der Waals surface area contributed by atoms with E-state index in [1.54, 1.807) is 11.8 Å². The molecule has 0 spiro atoms. The Morgan fingerprint density at radius 3 is 2.20 bits per heavy atom. The summed E-state index contributed by atoms with van der Waals surface area (Å²) in [4.78, 5) is 0. The number of thioether (sulfide) groups is 1. The molecule has 1 aliphatic heterocycles. The van der Waals surface area contributed by atoms with E-state index < -0.39 is 13.9 Å². The highest BCUT2D eigenvalue weighted by Gasteiger charge is 2.48. The Balaban J connectivity index is 2.83. The average Bonchev–Trinajstić information content (AvgIpc) is 2.39. The molecule has 120 valence electrons. The molecule has 0 aliphatic carbocycles. The van der Waals surface area contributed by atoms with Crippen molar-refractivity contribution in [2.24, 2.45) is 0 Å². The lowest BCUT2D eigenvalue weighted by molar-refractivity contribution is -0.177. The van der Waals surface area contributed by atoms with Gasteiger partial charge in [-0.3, -0.25) is 0 Å². The Bertz CT molecular complexity index is 287. The Hall–Kier alpha value is 0.447. The summed E-state index contributed by atoms with van der Waals surface area (Å²) in [6, 6.07) is 3.31. The molecule has 5 heteroatoms.